The van der Waals surface area contributed by atoms with E-state index in [4.69, 9.17) is 0 Å². The van der Waals surface area contributed by atoms with Crippen LogP contribution in [0, 0.1) is 0 Å². The fourth-order valence-electron chi connectivity index (χ4n) is 2.30. The molecule has 0 bridgehead atoms. The second-order valence-corrected chi connectivity index (χ2v) is 7.46. The van der Waals surface area contributed by atoms with Crippen LogP contribution in [0.3, 0.4) is 0 Å². The van der Waals surface area contributed by atoms with Crippen molar-refractivity contribution < 1.29 is 8.42 Å². The lowest BCUT2D eigenvalue weighted by atomic mass is 10.3. The minimum absolute atomic E-state index is 0.240. The minimum Gasteiger partial charge on any atom is -0.296 e. The van der Waals surface area contributed by atoms with E-state index in [9.17, 15) is 8.42 Å². The van der Waals surface area contributed by atoms with Crippen LogP contribution >= 0.6 is 11.3 Å². The molecule has 0 aliphatic carbocycles. The van der Waals surface area contributed by atoms with Crippen LogP contribution in [0.2, 0.25) is 0 Å². The van der Waals surface area contributed by atoms with Crippen LogP contribution < -0.4 is 0 Å². The second-order valence-electron chi connectivity index (χ2n) is 4.75. The number of nitrogens with one attached hydrogen (secondary N) is 1. The van der Waals surface area contributed by atoms with Crippen molar-refractivity contribution >= 4 is 21.4 Å². The molecule has 0 aromatic carbocycles. The number of H-pyrrole nitrogens is 1. The highest BCUT2D eigenvalue weighted by atomic mass is 32.2. The van der Waals surface area contributed by atoms with Gasteiger partial charge in [-0.1, -0.05) is 0 Å². The zero-order chi connectivity index (χ0) is 14.0. The molecule has 1 fully saturated rings. The molecular weight excluding hydrogens is 296 g/mol. The van der Waals surface area contributed by atoms with Crippen LogP contribution in [0.1, 0.15) is 5.56 Å². The van der Waals surface area contributed by atoms with Gasteiger partial charge in [-0.3, -0.25) is 10.00 Å². The van der Waals surface area contributed by atoms with Gasteiger partial charge in [0.15, 0.2) is 0 Å². The van der Waals surface area contributed by atoms with Crippen molar-refractivity contribution in [2.75, 3.05) is 26.2 Å². The average molecular weight is 312 g/mol. The van der Waals surface area contributed by atoms with Gasteiger partial charge in [0.1, 0.15) is 4.90 Å². The van der Waals surface area contributed by atoms with Crippen molar-refractivity contribution in [3.8, 4) is 0 Å². The summed E-state index contributed by atoms with van der Waals surface area (Å²) in [6.45, 7) is 3.46. The first kappa shape index (κ1) is 13.7. The fourth-order valence-corrected chi connectivity index (χ4v) is 4.29. The van der Waals surface area contributed by atoms with E-state index in [0.717, 1.165) is 19.6 Å². The quantitative estimate of drug-likeness (QED) is 0.913. The number of hydrogen-bond donors (Lipinski definition) is 1. The number of aromatic amines is 1. The number of sulfonamides is 1. The molecule has 0 saturated carbocycles. The van der Waals surface area contributed by atoms with Gasteiger partial charge in [-0.15, -0.1) is 0 Å². The Balaban J connectivity index is 1.61. The Hall–Kier alpha value is -1.22. The normalized spacial score (nSPS) is 18.4. The summed E-state index contributed by atoms with van der Waals surface area (Å²) in [7, 11) is -3.39. The maximum absolute atomic E-state index is 12.3. The molecule has 108 valence electrons. The van der Waals surface area contributed by atoms with Crippen LogP contribution in [0.5, 0.6) is 0 Å². The van der Waals surface area contributed by atoms with Crippen molar-refractivity contribution in [3.05, 3.63) is 34.8 Å². The summed E-state index contributed by atoms with van der Waals surface area (Å²) in [5.74, 6) is 0. The standard InChI is InChI=1S/C12H16N4O2S2/c17-20(18,12-7-13-14-8-12)16-4-2-15(3-5-16)9-11-1-6-19-10-11/h1,6-8,10H,2-5,9H2,(H,13,14). The van der Waals surface area contributed by atoms with Crippen LogP contribution in [0.4, 0.5) is 0 Å². The lowest BCUT2D eigenvalue weighted by Gasteiger charge is -2.33. The van der Waals surface area contributed by atoms with Gasteiger partial charge >= 0.3 is 0 Å². The van der Waals surface area contributed by atoms with E-state index in [1.54, 1.807) is 11.3 Å². The predicted molar refractivity (Wildman–Crippen MR) is 76.9 cm³/mol. The minimum atomic E-state index is -3.39. The SMILES string of the molecule is O=S(=O)(c1cn[nH]c1)N1CCN(Cc2ccsc2)CC1. The van der Waals surface area contributed by atoms with E-state index in [2.05, 4.69) is 31.9 Å². The smallest absolute Gasteiger partial charge is 0.246 e. The monoisotopic (exact) mass is 312 g/mol. The van der Waals surface area contributed by atoms with Gasteiger partial charge in [0.05, 0.1) is 6.20 Å². The Morgan fingerprint density at radius 1 is 1.30 bits per heavy atom. The molecular formula is C12H16N4O2S2. The van der Waals surface area contributed by atoms with Crippen LogP contribution in [-0.2, 0) is 16.6 Å². The molecule has 1 aliphatic rings. The number of piperazine rings is 1. The van der Waals surface area contributed by atoms with Crippen molar-refractivity contribution in [3.63, 3.8) is 0 Å². The number of rotatable bonds is 4. The summed E-state index contributed by atoms with van der Waals surface area (Å²) in [6.07, 6.45) is 2.78. The summed E-state index contributed by atoms with van der Waals surface area (Å²) in [6, 6.07) is 2.11. The Kier molecular flexibility index (Phi) is 3.88. The second kappa shape index (κ2) is 5.65. The zero-order valence-electron chi connectivity index (χ0n) is 10.9. The van der Waals surface area contributed by atoms with Crippen LogP contribution in [0.15, 0.2) is 34.1 Å². The first-order valence-corrected chi connectivity index (χ1v) is 8.77. The average Bonchev–Trinajstić information content (AvgIpc) is 3.12. The van der Waals surface area contributed by atoms with Crippen LogP contribution in [-0.4, -0.2) is 54.0 Å². The van der Waals surface area contributed by atoms with Gasteiger partial charge in [0.25, 0.3) is 0 Å². The van der Waals surface area contributed by atoms with Crippen molar-refractivity contribution in [1.82, 2.24) is 19.4 Å². The lowest BCUT2D eigenvalue weighted by Crippen LogP contribution is -2.48. The molecule has 1 N–H and O–H groups in total. The Labute approximate surface area is 122 Å². The van der Waals surface area contributed by atoms with Gasteiger partial charge in [-0.05, 0) is 22.4 Å². The third kappa shape index (κ3) is 2.78. The summed E-state index contributed by atoms with van der Waals surface area (Å²) >= 11 is 1.69. The molecule has 6 nitrogen and oxygen atoms in total. The first-order chi connectivity index (χ1) is 9.66. The number of aromatic nitrogens is 2. The third-order valence-electron chi connectivity index (χ3n) is 3.43. The zero-order valence-corrected chi connectivity index (χ0v) is 12.5. The summed E-state index contributed by atoms with van der Waals surface area (Å²) in [4.78, 5) is 2.52. The van der Waals surface area contributed by atoms with Crippen LogP contribution in [0.25, 0.3) is 0 Å². The molecule has 3 rings (SSSR count). The Bertz CT molecular complexity index is 629. The molecule has 3 heterocycles. The molecule has 2 aromatic rings. The highest BCUT2D eigenvalue weighted by molar-refractivity contribution is 7.89. The van der Waals surface area contributed by atoms with E-state index >= 15 is 0 Å². The molecule has 0 spiro atoms. The van der Waals surface area contributed by atoms with E-state index in [-0.39, 0.29) is 4.90 Å². The van der Waals surface area contributed by atoms with E-state index in [1.807, 2.05) is 0 Å². The number of nitrogens with zero attached hydrogens (tertiary/aromatic N) is 3. The third-order valence-corrected chi connectivity index (χ3v) is 6.02. The molecule has 1 aliphatic heterocycles. The highest BCUT2D eigenvalue weighted by Crippen LogP contribution is 2.17. The molecule has 20 heavy (non-hydrogen) atoms. The summed E-state index contributed by atoms with van der Waals surface area (Å²) < 4.78 is 26.2. The molecule has 0 unspecified atom stereocenters. The van der Waals surface area contributed by atoms with E-state index in [0.29, 0.717) is 13.1 Å². The summed E-state index contributed by atoms with van der Waals surface area (Å²) in [5, 5.41) is 10.5. The summed E-state index contributed by atoms with van der Waals surface area (Å²) in [5.41, 5.74) is 1.29. The molecule has 1 saturated heterocycles. The molecule has 0 radical (unpaired) electrons. The lowest BCUT2D eigenvalue weighted by molar-refractivity contribution is 0.182. The van der Waals surface area contributed by atoms with E-state index < -0.39 is 10.0 Å². The predicted octanol–water partition coefficient (Wildman–Crippen LogP) is 0.978. The van der Waals surface area contributed by atoms with Crippen molar-refractivity contribution in [2.24, 2.45) is 0 Å². The molecule has 0 atom stereocenters. The first-order valence-electron chi connectivity index (χ1n) is 6.38. The molecule has 8 heteroatoms. The van der Waals surface area contributed by atoms with Gasteiger partial charge in [0.2, 0.25) is 10.0 Å². The maximum Gasteiger partial charge on any atom is 0.246 e. The fraction of sp³-hybridized carbons (Fsp3) is 0.417. The van der Waals surface area contributed by atoms with Crippen molar-refractivity contribution in [1.29, 1.82) is 0 Å². The number of thiophene rings is 1. The molecule has 0 amide bonds. The Morgan fingerprint density at radius 3 is 2.70 bits per heavy atom. The largest absolute Gasteiger partial charge is 0.296 e. The number of hydrogen-bond acceptors (Lipinski definition) is 5. The van der Waals surface area contributed by atoms with Gasteiger partial charge < -0.3 is 0 Å². The van der Waals surface area contributed by atoms with Gasteiger partial charge in [-0.2, -0.15) is 20.7 Å². The highest BCUT2D eigenvalue weighted by Gasteiger charge is 2.28. The molecule has 2 aromatic heterocycles. The van der Waals surface area contributed by atoms with E-state index in [1.165, 1.54) is 22.3 Å². The Morgan fingerprint density at radius 2 is 2.10 bits per heavy atom. The van der Waals surface area contributed by atoms with Crippen molar-refractivity contribution in [2.45, 2.75) is 11.4 Å². The maximum atomic E-state index is 12.3. The van der Waals surface area contributed by atoms with Gasteiger partial charge in [-0.25, -0.2) is 8.42 Å². The topological polar surface area (TPSA) is 69.3 Å². The van der Waals surface area contributed by atoms with Gasteiger partial charge in [0, 0.05) is 38.9 Å².